The fourth-order valence-corrected chi connectivity index (χ4v) is 4.79. The Morgan fingerprint density at radius 1 is 0.718 bits per heavy atom. The lowest BCUT2D eigenvalue weighted by atomic mass is 10.1. The number of nitrogens with one attached hydrogen (secondary N) is 1. The quantitative estimate of drug-likeness (QED) is 0.189. The van der Waals surface area contributed by atoms with Gasteiger partial charge in [-0.25, -0.2) is 8.42 Å². The first kappa shape index (κ1) is 28.9. The van der Waals surface area contributed by atoms with Crippen LogP contribution in [0.5, 0.6) is 34.5 Å². The molecule has 0 fully saturated rings. The first-order valence-electron chi connectivity index (χ1n) is 11.2. The molecule has 3 aromatic carbocycles. The Bertz CT molecular complexity index is 1480. The standard InChI is InChI=1S/C26H28N2O10S/c1-33-21-10-9-18(14-20(21)28(29)30)39(31,32)27-19-15-23(35-3)22(34-2)13-17(19)8-7-16-11-24(36-4)26(38-6)25(12-16)37-5/h7-15,27H,1-6H3. The Hall–Kier alpha value is -4.65. The van der Waals surface area contributed by atoms with Gasteiger partial charge in [-0.2, -0.15) is 0 Å². The minimum atomic E-state index is -4.27. The molecule has 208 valence electrons. The van der Waals surface area contributed by atoms with Crippen molar-refractivity contribution in [3.63, 3.8) is 0 Å². The van der Waals surface area contributed by atoms with E-state index in [-0.39, 0.29) is 22.1 Å². The highest BCUT2D eigenvalue weighted by Crippen LogP contribution is 2.40. The average molecular weight is 561 g/mol. The van der Waals surface area contributed by atoms with Crippen LogP contribution in [0.25, 0.3) is 12.2 Å². The number of anilines is 1. The van der Waals surface area contributed by atoms with Gasteiger partial charge in [0.15, 0.2) is 28.7 Å². The summed E-state index contributed by atoms with van der Waals surface area (Å²) in [6.07, 6.45) is 3.36. The molecule has 0 saturated carbocycles. The molecule has 39 heavy (non-hydrogen) atoms. The number of hydrogen-bond acceptors (Lipinski definition) is 10. The molecule has 0 aliphatic heterocycles. The molecule has 12 nitrogen and oxygen atoms in total. The number of nitro benzene ring substituents is 1. The molecule has 0 spiro atoms. The van der Waals surface area contributed by atoms with Gasteiger partial charge in [-0.3, -0.25) is 14.8 Å². The van der Waals surface area contributed by atoms with Crippen molar-refractivity contribution in [3.8, 4) is 34.5 Å². The molecule has 0 atom stereocenters. The van der Waals surface area contributed by atoms with Gasteiger partial charge in [0.05, 0.1) is 58.2 Å². The van der Waals surface area contributed by atoms with E-state index in [2.05, 4.69) is 4.72 Å². The Kier molecular flexibility index (Phi) is 9.09. The van der Waals surface area contributed by atoms with Gasteiger partial charge in [0.25, 0.3) is 10.0 Å². The van der Waals surface area contributed by atoms with Gasteiger partial charge in [-0.05, 0) is 35.9 Å². The van der Waals surface area contributed by atoms with Crippen molar-refractivity contribution in [2.75, 3.05) is 47.4 Å². The molecular formula is C26H28N2O10S. The maximum absolute atomic E-state index is 13.3. The fourth-order valence-electron chi connectivity index (χ4n) is 3.69. The summed E-state index contributed by atoms with van der Waals surface area (Å²) in [6, 6.07) is 9.82. The van der Waals surface area contributed by atoms with Crippen LogP contribution in [0.4, 0.5) is 11.4 Å². The number of methoxy groups -OCH3 is 6. The number of nitro groups is 1. The Morgan fingerprint density at radius 2 is 1.28 bits per heavy atom. The molecule has 0 aromatic heterocycles. The maximum Gasteiger partial charge on any atom is 0.312 e. The highest BCUT2D eigenvalue weighted by molar-refractivity contribution is 7.92. The van der Waals surface area contributed by atoms with Crippen LogP contribution in [0.15, 0.2) is 47.4 Å². The lowest BCUT2D eigenvalue weighted by molar-refractivity contribution is -0.386. The van der Waals surface area contributed by atoms with Crippen molar-refractivity contribution in [2.24, 2.45) is 0 Å². The molecule has 0 aliphatic rings. The molecule has 0 aliphatic carbocycles. The van der Waals surface area contributed by atoms with E-state index in [9.17, 15) is 18.5 Å². The third-order valence-corrected chi connectivity index (χ3v) is 6.96. The predicted molar refractivity (Wildman–Crippen MR) is 145 cm³/mol. The van der Waals surface area contributed by atoms with Gasteiger partial charge < -0.3 is 28.4 Å². The SMILES string of the molecule is COc1cc(C=Cc2cc(OC)c(OC)c(OC)c2)c(NS(=O)(=O)c2ccc(OC)c([N+](=O)[O-])c2)cc1OC. The van der Waals surface area contributed by atoms with Crippen LogP contribution in [0.3, 0.4) is 0 Å². The zero-order valence-electron chi connectivity index (χ0n) is 22.1. The second-order valence-corrected chi connectivity index (χ2v) is 9.47. The predicted octanol–water partition coefficient (Wildman–Crippen LogP) is 4.62. The van der Waals surface area contributed by atoms with E-state index in [1.165, 1.54) is 60.9 Å². The summed E-state index contributed by atoms with van der Waals surface area (Å²) >= 11 is 0. The topological polar surface area (TPSA) is 145 Å². The zero-order valence-corrected chi connectivity index (χ0v) is 23.0. The summed E-state index contributed by atoms with van der Waals surface area (Å²) in [5, 5.41) is 11.4. The number of nitrogens with zero attached hydrogens (tertiary/aromatic N) is 1. The first-order chi connectivity index (χ1) is 18.6. The molecule has 1 N–H and O–H groups in total. The molecular weight excluding hydrogens is 532 g/mol. The second-order valence-electron chi connectivity index (χ2n) is 7.78. The smallest absolute Gasteiger partial charge is 0.312 e. The van der Waals surface area contributed by atoms with Gasteiger partial charge in [-0.15, -0.1) is 0 Å². The Balaban J connectivity index is 2.11. The summed E-state index contributed by atoms with van der Waals surface area (Å²) in [5.41, 5.74) is 0.719. The third-order valence-electron chi connectivity index (χ3n) is 5.60. The van der Waals surface area contributed by atoms with Crippen molar-refractivity contribution >= 4 is 33.6 Å². The highest BCUT2D eigenvalue weighted by Gasteiger charge is 2.23. The Morgan fingerprint density at radius 3 is 1.79 bits per heavy atom. The van der Waals surface area contributed by atoms with E-state index in [0.29, 0.717) is 34.1 Å². The van der Waals surface area contributed by atoms with Crippen LogP contribution in [0, 0.1) is 10.1 Å². The number of hydrogen-bond donors (Lipinski definition) is 1. The van der Waals surface area contributed by atoms with Gasteiger partial charge >= 0.3 is 5.69 Å². The van der Waals surface area contributed by atoms with Crippen molar-refractivity contribution in [1.29, 1.82) is 0 Å². The molecule has 3 aromatic rings. The summed E-state index contributed by atoms with van der Waals surface area (Å²) < 4.78 is 60.9. The van der Waals surface area contributed by atoms with Gasteiger partial charge in [0.2, 0.25) is 5.75 Å². The van der Waals surface area contributed by atoms with Gasteiger partial charge in [-0.1, -0.05) is 12.2 Å². The van der Waals surface area contributed by atoms with Crippen LogP contribution in [0.2, 0.25) is 0 Å². The van der Waals surface area contributed by atoms with E-state index in [0.717, 1.165) is 6.07 Å². The normalized spacial score (nSPS) is 11.1. The number of rotatable bonds is 12. The van der Waals surface area contributed by atoms with Crippen LogP contribution in [-0.4, -0.2) is 56.0 Å². The molecule has 13 heteroatoms. The van der Waals surface area contributed by atoms with Gasteiger partial charge in [0, 0.05) is 17.7 Å². The van der Waals surface area contributed by atoms with Crippen LogP contribution in [-0.2, 0) is 10.0 Å². The van der Waals surface area contributed by atoms with E-state index in [4.69, 9.17) is 28.4 Å². The monoisotopic (exact) mass is 560 g/mol. The summed E-state index contributed by atoms with van der Waals surface area (Å²) in [4.78, 5) is 10.4. The summed E-state index contributed by atoms with van der Waals surface area (Å²) in [5.74, 6) is 1.84. The maximum atomic E-state index is 13.3. The van der Waals surface area contributed by atoms with Crippen molar-refractivity contribution in [1.82, 2.24) is 0 Å². The van der Waals surface area contributed by atoms with Crippen molar-refractivity contribution < 1.29 is 41.8 Å². The minimum absolute atomic E-state index is 0.0703. The third kappa shape index (κ3) is 6.26. The van der Waals surface area contributed by atoms with Crippen LogP contribution in [0.1, 0.15) is 11.1 Å². The highest BCUT2D eigenvalue weighted by atomic mass is 32.2. The lowest BCUT2D eigenvalue weighted by Gasteiger charge is -2.16. The van der Waals surface area contributed by atoms with Crippen molar-refractivity contribution in [2.45, 2.75) is 4.90 Å². The van der Waals surface area contributed by atoms with E-state index in [1.807, 2.05) is 0 Å². The summed E-state index contributed by atoms with van der Waals surface area (Å²) in [7, 11) is 4.33. The molecule has 0 heterocycles. The molecule has 3 rings (SSSR count). The van der Waals surface area contributed by atoms with Crippen LogP contribution >= 0.6 is 0 Å². The van der Waals surface area contributed by atoms with Crippen molar-refractivity contribution in [3.05, 3.63) is 63.7 Å². The largest absolute Gasteiger partial charge is 0.493 e. The van der Waals surface area contributed by atoms with E-state index < -0.39 is 20.6 Å². The molecule has 0 bridgehead atoms. The zero-order chi connectivity index (χ0) is 28.7. The molecule has 0 radical (unpaired) electrons. The van der Waals surface area contributed by atoms with E-state index >= 15 is 0 Å². The molecule has 0 saturated heterocycles. The first-order valence-corrected chi connectivity index (χ1v) is 12.7. The van der Waals surface area contributed by atoms with Crippen LogP contribution < -0.4 is 33.1 Å². The number of ether oxygens (including phenoxy) is 6. The number of sulfonamides is 1. The van der Waals surface area contributed by atoms with E-state index in [1.54, 1.807) is 30.4 Å². The lowest BCUT2D eigenvalue weighted by Crippen LogP contribution is -2.14. The fraction of sp³-hybridized carbons (Fsp3) is 0.231. The van der Waals surface area contributed by atoms with Gasteiger partial charge in [0.1, 0.15) is 0 Å². The Labute approximate surface area is 225 Å². The minimum Gasteiger partial charge on any atom is -0.493 e. The number of benzene rings is 3. The molecule has 0 amide bonds. The molecule has 0 unspecified atom stereocenters. The summed E-state index contributed by atoms with van der Waals surface area (Å²) in [6.45, 7) is 0. The average Bonchev–Trinajstić information content (AvgIpc) is 2.94. The second kappa shape index (κ2) is 12.3.